The molecule has 0 aromatic heterocycles. The maximum atomic E-state index is 14.6. The third-order valence-corrected chi connectivity index (χ3v) is 6.10. The summed E-state index contributed by atoms with van der Waals surface area (Å²) in [5.41, 5.74) is -17.7. The summed E-state index contributed by atoms with van der Waals surface area (Å²) >= 11 is 0. The SMILES string of the molecule is O=C(OCC1CC2C=CC1C2)C(F)(F)C(F)(C(F)(F)F)C(F)(F)C(C(F)(F)F)(C(F)(F)F)C(F)(F)F. The van der Waals surface area contributed by atoms with Crippen molar-refractivity contribution in [2.24, 2.45) is 23.2 Å². The molecular weight excluding hydrogens is 559 g/mol. The summed E-state index contributed by atoms with van der Waals surface area (Å²) in [6.45, 7) is -1.37. The summed E-state index contributed by atoms with van der Waals surface area (Å²) in [5.74, 6) is -22.7. The maximum absolute atomic E-state index is 14.6. The highest BCUT2D eigenvalue weighted by Gasteiger charge is 3.03. The maximum Gasteiger partial charge on any atom is 0.435 e. The van der Waals surface area contributed by atoms with E-state index in [0.29, 0.717) is 6.42 Å². The van der Waals surface area contributed by atoms with Crippen molar-refractivity contribution in [3.05, 3.63) is 12.2 Å². The number of carbonyl (C=O) groups is 1. The van der Waals surface area contributed by atoms with Gasteiger partial charge in [0, 0.05) is 0 Å². The Labute approximate surface area is 188 Å². The smallest absolute Gasteiger partial charge is 0.435 e. The van der Waals surface area contributed by atoms with Gasteiger partial charge in [-0.2, -0.15) is 61.5 Å². The van der Waals surface area contributed by atoms with Gasteiger partial charge < -0.3 is 4.74 Å². The number of alkyl halides is 17. The molecule has 0 saturated heterocycles. The first-order valence-electron chi connectivity index (χ1n) is 9.28. The Morgan fingerprint density at radius 2 is 1.11 bits per heavy atom. The lowest BCUT2D eigenvalue weighted by Crippen LogP contribution is -2.80. The lowest BCUT2D eigenvalue weighted by molar-refractivity contribution is -0.509. The van der Waals surface area contributed by atoms with Crippen LogP contribution in [0.2, 0.25) is 0 Å². The van der Waals surface area contributed by atoms with Crippen molar-refractivity contribution in [2.75, 3.05) is 6.61 Å². The van der Waals surface area contributed by atoms with E-state index < -0.39 is 72.0 Å². The van der Waals surface area contributed by atoms with Gasteiger partial charge in [-0.1, -0.05) is 12.2 Å². The van der Waals surface area contributed by atoms with Crippen LogP contribution in [0.15, 0.2) is 12.2 Å². The van der Waals surface area contributed by atoms with Crippen LogP contribution in [-0.4, -0.2) is 54.8 Å². The molecule has 1 saturated carbocycles. The Morgan fingerprint density at radius 3 is 1.42 bits per heavy atom. The van der Waals surface area contributed by atoms with E-state index in [-0.39, 0.29) is 12.3 Å². The zero-order valence-electron chi connectivity index (χ0n) is 16.7. The third-order valence-electron chi connectivity index (χ3n) is 6.10. The van der Waals surface area contributed by atoms with Crippen LogP contribution >= 0.6 is 0 Å². The summed E-state index contributed by atoms with van der Waals surface area (Å²) in [6, 6.07) is 0. The standard InChI is InChI=1S/C17H11F17O2/c18-10(19,9(35)36-5-8-4-6-1-2-7(8)3-6)12(20,17(32,33)34)13(21,22)11(14(23,24)25,15(26,27)28)16(29,30)31/h1-2,6-8H,3-5H2. The van der Waals surface area contributed by atoms with E-state index in [0.717, 1.165) is 0 Å². The second-order valence-electron chi connectivity index (χ2n) is 8.19. The molecule has 19 heteroatoms. The highest BCUT2D eigenvalue weighted by atomic mass is 19.4. The number of rotatable bonds is 6. The van der Waals surface area contributed by atoms with Crippen LogP contribution in [0.5, 0.6) is 0 Å². The molecule has 1 fully saturated rings. The zero-order chi connectivity index (χ0) is 28.6. The monoisotopic (exact) mass is 570 g/mol. The molecule has 4 unspecified atom stereocenters. The third kappa shape index (κ3) is 3.89. The van der Waals surface area contributed by atoms with Crippen molar-refractivity contribution in [3.8, 4) is 0 Å². The van der Waals surface area contributed by atoms with Gasteiger partial charge in [0.05, 0.1) is 6.61 Å². The van der Waals surface area contributed by atoms with E-state index in [9.17, 15) is 79.4 Å². The fourth-order valence-electron chi connectivity index (χ4n) is 4.33. The van der Waals surface area contributed by atoms with E-state index >= 15 is 0 Å². The molecule has 0 aromatic rings. The fraction of sp³-hybridized carbons (Fsp3) is 0.824. The lowest BCUT2D eigenvalue weighted by Gasteiger charge is -2.49. The van der Waals surface area contributed by atoms with Crippen LogP contribution in [0.4, 0.5) is 74.6 Å². The van der Waals surface area contributed by atoms with E-state index in [1.165, 1.54) is 6.08 Å². The molecular formula is C17H11F17O2. The van der Waals surface area contributed by atoms with Crippen molar-refractivity contribution < 1.29 is 84.2 Å². The van der Waals surface area contributed by atoms with E-state index in [4.69, 9.17) is 0 Å². The Morgan fingerprint density at radius 1 is 0.667 bits per heavy atom. The summed E-state index contributed by atoms with van der Waals surface area (Å²) in [6.07, 6.45) is -30.8. The molecule has 2 bridgehead atoms. The molecule has 36 heavy (non-hydrogen) atoms. The van der Waals surface area contributed by atoms with E-state index in [1.54, 1.807) is 6.08 Å². The van der Waals surface area contributed by atoms with Crippen LogP contribution in [0.1, 0.15) is 12.8 Å². The van der Waals surface area contributed by atoms with Crippen LogP contribution in [0, 0.1) is 23.2 Å². The normalized spacial score (nSPS) is 25.8. The molecule has 0 amide bonds. The van der Waals surface area contributed by atoms with Gasteiger partial charge >= 0.3 is 53.6 Å². The predicted molar refractivity (Wildman–Crippen MR) is 80.2 cm³/mol. The molecule has 0 aromatic carbocycles. The molecule has 0 heterocycles. The lowest BCUT2D eigenvalue weighted by atomic mass is 9.69. The van der Waals surface area contributed by atoms with Gasteiger partial charge in [0.2, 0.25) is 0 Å². The van der Waals surface area contributed by atoms with Crippen molar-refractivity contribution in [2.45, 2.75) is 55.1 Å². The summed E-state index contributed by atoms with van der Waals surface area (Å²) < 4.78 is 232. The fourth-order valence-corrected chi connectivity index (χ4v) is 4.33. The molecule has 0 N–H and O–H groups in total. The van der Waals surface area contributed by atoms with Crippen molar-refractivity contribution >= 4 is 5.97 Å². The highest BCUT2D eigenvalue weighted by molar-refractivity contribution is 5.80. The molecule has 0 spiro atoms. The number of hydrogen-bond donors (Lipinski definition) is 0. The topological polar surface area (TPSA) is 26.3 Å². The minimum Gasteiger partial charge on any atom is -0.461 e. The van der Waals surface area contributed by atoms with Crippen LogP contribution in [-0.2, 0) is 9.53 Å². The highest BCUT2D eigenvalue weighted by Crippen LogP contribution is 2.72. The Bertz CT molecular complexity index is 842. The minimum absolute atomic E-state index is 0.00947. The molecule has 0 aliphatic heterocycles. The Balaban J connectivity index is 2.69. The molecule has 0 radical (unpaired) electrons. The molecule has 2 aliphatic rings. The molecule has 2 rings (SSSR count). The summed E-state index contributed by atoms with van der Waals surface area (Å²) in [4.78, 5) is 11.5. The van der Waals surface area contributed by atoms with Gasteiger partial charge in [0.15, 0.2) is 0 Å². The molecule has 210 valence electrons. The second-order valence-corrected chi connectivity index (χ2v) is 8.19. The van der Waals surface area contributed by atoms with Crippen LogP contribution in [0.3, 0.4) is 0 Å². The summed E-state index contributed by atoms with van der Waals surface area (Å²) in [7, 11) is 0. The number of allylic oxidation sites excluding steroid dienone is 2. The zero-order valence-corrected chi connectivity index (χ0v) is 16.7. The second kappa shape index (κ2) is 8.26. The van der Waals surface area contributed by atoms with Crippen molar-refractivity contribution in [3.63, 3.8) is 0 Å². The number of esters is 1. The van der Waals surface area contributed by atoms with Gasteiger partial charge in [-0.3, -0.25) is 0 Å². The molecule has 4 atom stereocenters. The number of ether oxygens (including phenoxy) is 1. The van der Waals surface area contributed by atoms with E-state index in [2.05, 4.69) is 4.74 Å². The number of fused-ring (bicyclic) bond motifs is 2. The van der Waals surface area contributed by atoms with Gasteiger partial charge in [-0.15, -0.1) is 0 Å². The Kier molecular flexibility index (Phi) is 6.94. The first-order valence-corrected chi connectivity index (χ1v) is 9.28. The molecule has 2 aliphatic carbocycles. The van der Waals surface area contributed by atoms with E-state index in [1.807, 2.05) is 0 Å². The Hall–Kier alpha value is -1.98. The van der Waals surface area contributed by atoms with Crippen LogP contribution < -0.4 is 0 Å². The van der Waals surface area contributed by atoms with Gasteiger partial charge in [0.1, 0.15) is 0 Å². The number of carbonyl (C=O) groups excluding carboxylic acids is 1. The van der Waals surface area contributed by atoms with Crippen LogP contribution in [0.25, 0.3) is 0 Å². The largest absolute Gasteiger partial charge is 0.461 e. The quantitative estimate of drug-likeness (QED) is 0.196. The first kappa shape index (κ1) is 30.2. The van der Waals surface area contributed by atoms with Gasteiger partial charge in [-0.05, 0) is 30.6 Å². The molecule has 2 nitrogen and oxygen atoms in total. The average molecular weight is 570 g/mol. The first-order chi connectivity index (χ1) is 15.7. The number of hydrogen-bond acceptors (Lipinski definition) is 2. The van der Waals surface area contributed by atoms with Crippen molar-refractivity contribution in [1.82, 2.24) is 0 Å². The minimum atomic E-state index is -9.16. The number of halogens is 17. The predicted octanol–water partition coefficient (Wildman–Crippen LogP) is 6.96. The van der Waals surface area contributed by atoms with Gasteiger partial charge in [-0.25, -0.2) is 18.0 Å². The van der Waals surface area contributed by atoms with Crippen molar-refractivity contribution in [1.29, 1.82) is 0 Å². The van der Waals surface area contributed by atoms with Gasteiger partial charge in [0.25, 0.3) is 0 Å². The average Bonchev–Trinajstić information content (AvgIpc) is 3.23. The summed E-state index contributed by atoms with van der Waals surface area (Å²) in [5, 5.41) is 0.